The third-order valence-corrected chi connectivity index (χ3v) is 3.94. The molecule has 0 aliphatic carbocycles. The van der Waals surface area contributed by atoms with E-state index in [9.17, 15) is 12.8 Å². The second kappa shape index (κ2) is 5.19. The molecule has 0 saturated heterocycles. The molecule has 0 aliphatic rings. The number of nitrogens with zero attached hydrogens (tertiary/aromatic N) is 1. The van der Waals surface area contributed by atoms with Crippen molar-refractivity contribution in [3.63, 3.8) is 0 Å². The van der Waals surface area contributed by atoms with E-state index < -0.39 is 21.6 Å². The molecular formula is C13H9FN2O3S. The van der Waals surface area contributed by atoms with Gasteiger partial charge in [0, 0.05) is 6.07 Å². The summed E-state index contributed by atoms with van der Waals surface area (Å²) in [7, 11) is -4.01. The second-order valence-electron chi connectivity index (χ2n) is 3.88. The molecule has 0 aromatic heterocycles. The third-order valence-electron chi connectivity index (χ3n) is 2.50. The lowest BCUT2D eigenvalue weighted by atomic mass is 10.2. The summed E-state index contributed by atoms with van der Waals surface area (Å²) in [6, 6.07) is 10.5. The van der Waals surface area contributed by atoms with Crippen molar-refractivity contribution >= 4 is 15.7 Å². The molecule has 0 bridgehead atoms. The number of phenolic OH excluding ortho intramolecular Hbond substituents is 1. The number of rotatable bonds is 3. The quantitative estimate of drug-likeness (QED) is 0.849. The van der Waals surface area contributed by atoms with Crippen LogP contribution in [-0.2, 0) is 10.0 Å². The lowest BCUT2D eigenvalue weighted by molar-refractivity contribution is 0.432. The van der Waals surface area contributed by atoms with Gasteiger partial charge in [-0.3, -0.25) is 4.72 Å². The molecule has 0 spiro atoms. The summed E-state index contributed by atoms with van der Waals surface area (Å²) in [5.74, 6) is -1.52. The van der Waals surface area contributed by atoms with Crippen molar-refractivity contribution in [2.75, 3.05) is 4.72 Å². The molecule has 102 valence electrons. The first kappa shape index (κ1) is 13.8. The van der Waals surface area contributed by atoms with Gasteiger partial charge < -0.3 is 5.11 Å². The third kappa shape index (κ3) is 2.70. The molecule has 2 aromatic carbocycles. The molecule has 0 aliphatic heterocycles. The largest absolute Gasteiger partial charge is 0.505 e. The lowest BCUT2D eigenvalue weighted by Crippen LogP contribution is -2.14. The van der Waals surface area contributed by atoms with Crippen molar-refractivity contribution in [3.05, 3.63) is 53.8 Å². The van der Waals surface area contributed by atoms with Crippen LogP contribution in [-0.4, -0.2) is 13.5 Å². The zero-order chi connectivity index (χ0) is 14.8. The highest BCUT2D eigenvalue weighted by Gasteiger charge is 2.18. The van der Waals surface area contributed by atoms with Crippen LogP contribution in [0.15, 0.2) is 47.4 Å². The molecule has 0 heterocycles. The van der Waals surface area contributed by atoms with Crippen LogP contribution in [0, 0.1) is 17.1 Å². The Kier molecular flexibility index (Phi) is 3.59. The van der Waals surface area contributed by atoms with Crippen LogP contribution in [0.2, 0.25) is 0 Å². The predicted octanol–water partition coefficient (Wildman–Crippen LogP) is 2.20. The van der Waals surface area contributed by atoms with Gasteiger partial charge in [-0.15, -0.1) is 0 Å². The van der Waals surface area contributed by atoms with Crippen LogP contribution in [0.3, 0.4) is 0 Å². The highest BCUT2D eigenvalue weighted by molar-refractivity contribution is 7.92. The first-order valence-corrected chi connectivity index (χ1v) is 6.93. The van der Waals surface area contributed by atoms with Crippen molar-refractivity contribution in [2.45, 2.75) is 4.90 Å². The van der Waals surface area contributed by atoms with Crippen molar-refractivity contribution < 1.29 is 17.9 Å². The second-order valence-corrected chi connectivity index (χ2v) is 5.53. The number of hydrogen-bond acceptors (Lipinski definition) is 4. The standard InChI is InChI=1S/C13H9FN2O3S/c14-11-7-10(5-6-12(11)17)16-20(18,19)13-4-2-1-3-9(13)8-15/h1-7,16-17H. The van der Waals surface area contributed by atoms with E-state index in [1.54, 1.807) is 6.07 Å². The Hall–Kier alpha value is -2.59. The number of phenols is 1. The van der Waals surface area contributed by atoms with E-state index in [1.807, 2.05) is 0 Å². The van der Waals surface area contributed by atoms with Gasteiger partial charge in [-0.1, -0.05) is 12.1 Å². The highest BCUT2D eigenvalue weighted by Crippen LogP contribution is 2.23. The van der Waals surface area contributed by atoms with Crippen LogP contribution in [0.25, 0.3) is 0 Å². The molecule has 0 saturated carbocycles. The van der Waals surface area contributed by atoms with Gasteiger partial charge in [0.1, 0.15) is 11.0 Å². The van der Waals surface area contributed by atoms with E-state index in [4.69, 9.17) is 10.4 Å². The fourth-order valence-corrected chi connectivity index (χ4v) is 2.78. The maximum absolute atomic E-state index is 13.2. The maximum atomic E-state index is 13.2. The zero-order valence-electron chi connectivity index (χ0n) is 10.0. The van der Waals surface area contributed by atoms with E-state index in [0.717, 1.165) is 12.1 Å². The molecule has 0 atom stereocenters. The maximum Gasteiger partial charge on any atom is 0.263 e. The van der Waals surface area contributed by atoms with Gasteiger partial charge in [0.2, 0.25) is 0 Å². The molecule has 0 amide bonds. The summed E-state index contributed by atoms with van der Waals surface area (Å²) in [4.78, 5) is -0.198. The minimum absolute atomic E-state index is 0.0146. The fourth-order valence-electron chi connectivity index (χ4n) is 1.57. The van der Waals surface area contributed by atoms with E-state index in [1.165, 1.54) is 30.3 Å². The number of aromatic hydroxyl groups is 1. The Balaban J connectivity index is 2.41. The monoisotopic (exact) mass is 292 g/mol. The molecule has 7 heteroatoms. The normalized spacial score (nSPS) is 10.8. The molecule has 0 radical (unpaired) electrons. The lowest BCUT2D eigenvalue weighted by Gasteiger charge is -2.09. The molecule has 2 N–H and O–H groups in total. The molecule has 0 fully saturated rings. The number of nitrogens with one attached hydrogen (secondary N) is 1. The Morgan fingerprint density at radius 2 is 1.90 bits per heavy atom. The summed E-state index contributed by atoms with van der Waals surface area (Å²) in [6.07, 6.45) is 0. The minimum Gasteiger partial charge on any atom is -0.505 e. The summed E-state index contributed by atoms with van der Waals surface area (Å²) in [6.45, 7) is 0. The number of benzene rings is 2. The SMILES string of the molecule is N#Cc1ccccc1S(=O)(=O)Nc1ccc(O)c(F)c1. The van der Waals surface area contributed by atoms with E-state index in [2.05, 4.69) is 4.72 Å². The Labute approximate surface area is 115 Å². The van der Waals surface area contributed by atoms with Gasteiger partial charge in [-0.05, 0) is 24.3 Å². The van der Waals surface area contributed by atoms with E-state index in [-0.39, 0.29) is 16.1 Å². The van der Waals surface area contributed by atoms with Crippen LogP contribution in [0.5, 0.6) is 5.75 Å². The first-order valence-electron chi connectivity index (χ1n) is 5.44. The highest BCUT2D eigenvalue weighted by atomic mass is 32.2. The molecular weight excluding hydrogens is 283 g/mol. The minimum atomic E-state index is -4.01. The van der Waals surface area contributed by atoms with E-state index >= 15 is 0 Å². The number of sulfonamides is 1. The summed E-state index contributed by atoms with van der Waals surface area (Å²) in [5.41, 5.74) is -0.0627. The number of halogens is 1. The Morgan fingerprint density at radius 3 is 2.55 bits per heavy atom. The summed E-state index contributed by atoms with van der Waals surface area (Å²) in [5, 5.41) is 17.9. The topological polar surface area (TPSA) is 90.2 Å². The Morgan fingerprint density at radius 1 is 1.20 bits per heavy atom. The number of anilines is 1. The molecule has 5 nitrogen and oxygen atoms in total. The average molecular weight is 292 g/mol. The molecule has 0 unspecified atom stereocenters. The first-order chi connectivity index (χ1) is 9.44. The number of nitriles is 1. The van der Waals surface area contributed by atoms with Gasteiger partial charge in [-0.2, -0.15) is 5.26 Å². The van der Waals surface area contributed by atoms with Gasteiger partial charge in [-0.25, -0.2) is 12.8 Å². The van der Waals surface area contributed by atoms with Gasteiger partial charge >= 0.3 is 0 Å². The van der Waals surface area contributed by atoms with Crippen LogP contribution >= 0.6 is 0 Å². The molecule has 20 heavy (non-hydrogen) atoms. The van der Waals surface area contributed by atoms with Crippen LogP contribution in [0.4, 0.5) is 10.1 Å². The summed E-state index contributed by atoms with van der Waals surface area (Å²) >= 11 is 0. The van der Waals surface area contributed by atoms with Crippen molar-refractivity contribution in [3.8, 4) is 11.8 Å². The van der Waals surface area contributed by atoms with Crippen LogP contribution in [0.1, 0.15) is 5.56 Å². The predicted molar refractivity (Wildman–Crippen MR) is 70.0 cm³/mol. The number of hydrogen-bond donors (Lipinski definition) is 2. The smallest absolute Gasteiger partial charge is 0.263 e. The fraction of sp³-hybridized carbons (Fsp3) is 0. The zero-order valence-corrected chi connectivity index (χ0v) is 10.9. The average Bonchev–Trinajstić information content (AvgIpc) is 2.42. The molecule has 2 aromatic rings. The van der Waals surface area contributed by atoms with Gasteiger partial charge in [0.25, 0.3) is 10.0 Å². The van der Waals surface area contributed by atoms with Crippen LogP contribution < -0.4 is 4.72 Å². The Bertz CT molecular complexity index is 798. The van der Waals surface area contributed by atoms with Gasteiger partial charge in [0.15, 0.2) is 11.6 Å². The molecule has 2 rings (SSSR count). The van der Waals surface area contributed by atoms with E-state index in [0.29, 0.717) is 0 Å². The van der Waals surface area contributed by atoms with Crippen molar-refractivity contribution in [2.24, 2.45) is 0 Å². The van der Waals surface area contributed by atoms with Crippen molar-refractivity contribution in [1.29, 1.82) is 5.26 Å². The van der Waals surface area contributed by atoms with Crippen molar-refractivity contribution in [1.82, 2.24) is 0 Å². The summed E-state index contributed by atoms with van der Waals surface area (Å²) < 4.78 is 39.6. The van der Waals surface area contributed by atoms with Gasteiger partial charge in [0.05, 0.1) is 11.3 Å².